The maximum atomic E-state index is 13.2. The summed E-state index contributed by atoms with van der Waals surface area (Å²) in [6.45, 7) is 7.45. The standard InChI is InChI=1S/C25H29N5O3/c1-2-10-30-22-9-8-19(15-21(22)24(27-30)25(31)29-11-13-32-14-12-29)26-17-20-16-23(33-28-20)18-6-4-3-5-7-18/h2-7,16,19,26H,1,8-15,17H2/t19-/m0/s1. The third-order valence-electron chi connectivity index (χ3n) is 6.34. The number of carbonyl (C=O) groups excluding carboxylic acids is 1. The normalized spacial score (nSPS) is 18.2. The Hall–Kier alpha value is -3.23. The van der Waals surface area contributed by atoms with Crippen LogP contribution in [0.4, 0.5) is 0 Å². The first-order valence-corrected chi connectivity index (χ1v) is 11.5. The highest BCUT2D eigenvalue weighted by Crippen LogP contribution is 2.27. The van der Waals surface area contributed by atoms with Crippen molar-refractivity contribution >= 4 is 5.91 Å². The summed E-state index contributed by atoms with van der Waals surface area (Å²) >= 11 is 0. The van der Waals surface area contributed by atoms with E-state index < -0.39 is 0 Å². The molecule has 8 heteroatoms. The molecule has 0 unspecified atom stereocenters. The largest absolute Gasteiger partial charge is 0.378 e. The number of amides is 1. The number of nitrogens with zero attached hydrogens (tertiary/aromatic N) is 4. The van der Waals surface area contributed by atoms with Crippen molar-refractivity contribution in [2.45, 2.75) is 38.4 Å². The summed E-state index contributed by atoms with van der Waals surface area (Å²) in [4.78, 5) is 15.1. The molecule has 172 valence electrons. The lowest BCUT2D eigenvalue weighted by molar-refractivity contribution is 0.0297. The predicted octanol–water partition coefficient (Wildman–Crippen LogP) is 2.84. The van der Waals surface area contributed by atoms with Crippen LogP contribution in [-0.2, 0) is 30.7 Å². The third-order valence-corrected chi connectivity index (χ3v) is 6.34. The summed E-state index contributed by atoms with van der Waals surface area (Å²) in [5, 5.41) is 12.5. The molecular formula is C25H29N5O3. The Kier molecular flexibility index (Phi) is 6.37. The molecule has 0 radical (unpaired) electrons. The lowest BCUT2D eigenvalue weighted by Crippen LogP contribution is -2.41. The van der Waals surface area contributed by atoms with E-state index >= 15 is 0 Å². The van der Waals surface area contributed by atoms with E-state index in [1.807, 2.05) is 52.1 Å². The van der Waals surface area contributed by atoms with Crippen LogP contribution in [0.3, 0.4) is 0 Å². The SMILES string of the molecule is C=CCn1nc(C(=O)N2CCOCC2)c2c1CC[C@H](NCc1cc(-c3ccccc3)on1)C2. The average Bonchev–Trinajstić information content (AvgIpc) is 3.49. The number of rotatable bonds is 7. The van der Waals surface area contributed by atoms with Crippen LogP contribution in [0, 0.1) is 0 Å². The summed E-state index contributed by atoms with van der Waals surface area (Å²) in [5.41, 5.74) is 4.67. The molecule has 3 aromatic rings. The van der Waals surface area contributed by atoms with Crippen molar-refractivity contribution in [2.75, 3.05) is 26.3 Å². The van der Waals surface area contributed by atoms with Gasteiger partial charge in [0, 0.05) is 48.6 Å². The zero-order valence-electron chi connectivity index (χ0n) is 18.7. The minimum absolute atomic E-state index is 0.00187. The number of hydrogen-bond acceptors (Lipinski definition) is 6. The van der Waals surface area contributed by atoms with Gasteiger partial charge < -0.3 is 19.5 Å². The van der Waals surface area contributed by atoms with Crippen LogP contribution in [0.5, 0.6) is 0 Å². The maximum absolute atomic E-state index is 13.2. The number of morpholine rings is 1. The lowest BCUT2D eigenvalue weighted by atomic mass is 9.91. The number of aromatic nitrogens is 3. The second kappa shape index (κ2) is 9.72. The molecule has 1 aliphatic heterocycles. The smallest absolute Gasteiger partial charge is 0.274 e. The molecular weight excluding hydrogens is 418 g/mol. The van der Waals surface area contributed by atoms with Gasteiger partial charge in [-0.2, -0.15) is 5.10 Å². The van der Waals surface area contributed by atoms with E-state index in [9.17, 15) is 4.79 Å². The highest BCUT2D eigenvalue weighted by molar-refractivity contribution is 5.94. The van der Waals surface area contributed by atoms with Gasteiger partial charge in [0.2, 0.25) is 0 Å². The Labute approximate surface area is 193 Å². The first-order valence-electron chi connectivity index (χ1n) is 11.5. The number of fused-ring (bicyclic) bond motifs is 1. The molecule has 5 rings (SSSR count). The van der Waals surface area contributed by atoms with Gasteiger partial charge in [0.15, 0.2) is 11.5 Å². The maximum Gasteiger partial charge on any atom is 0.274 e. The van der Waals surface area contributed by atoms with Crippen LogP contribution < -0.4 is 5.32 Å². The topological polar surface area (TPSA) is 85.4 Å². The summed E-state index contributed by atoms with van der Waals surface area (Å²) in [6.07, 6.45) is 4.44. The molecule has 1 aromatic carbocycles. The lowest BCUT2D eigenvalue weighted by Gasteiger charge is -2.27. The van der Waals surface area contributed by atoms with E-state index in [4.69, 9.17) is 14.4 Å². The fourth-order valence-electron chi connectivity index (χ4n) is 4.61. The van der Waals surface area contributed by atoms with Gasteiger partial charge in [0.1, 0.15) is 0 Å². The Bertz CT molecular complexity index is 1110. The quantitative estimate of drug-likeness (QED) is 0.561. The first kappa shape index (κ1) is 21.6. The van der Waals surface area contributed by atoms with Crippen molar-refractivity contribution in [1.82, 2.24) is 25.2 Å². The molecule has 1 saturated heterocycles. The van der Waals surface area contributed by atoms with E-state index in [0.29, 0.717) is 45.1 Å². The van der Waals surface area contributed by atoms with Gasteiger partial charge in [-0.15, -0.1) is 6.58 Å². The van der Waals surface area contributed by atoms with E-state index in [-0.39, 0.29) is 11.9 Å². The van der Waals surface area contributed by atoms with Crippen LogP contribution in [-0.4, -0.2) is 58.1 Å². The van der Waals surface area contributed by atoms with Gasteiger partial charge in [-0.05, 0) is 19.3 Å². The van der Waals surface area contributed by atoms with Gasteiger partial charge >= 0.3 is 0 Å². The van der Waals surface area contributed by atoms with Crippen LogP contribution >= 0.6 is 0 Å². The minimum Gasteiger partial charge on any atom is -0.378 e. The fraction of sp³-hybridized carbons (Fsp3) is 0.400. The summed E-state index contributed by atoms with van der Waals surface area (Å²) < 4.78 is 12.9. The monoisotopic (exact) mass is 447 g/mol. The molecule has 0 saturated carbocycles. The van der Waals surface area contributed by atoms with Gasteiger partial charge in [0.25, 0.3) is 5.91 Å². The van der Waals surface area contributed by atoms with E-state index in [0.717, 1.165) is 47.5 Å². The molecule has 1 amide bonds. The molecule has 1 aliphatic carbocycles. The van der Waals surface area contributed by atoms with Crippen molar-refractivity contribution in [1.29, 1.82) is 0 Å². The molecule has 3 heterocycles. The van der Waals surface area contributed by atoms with E-state index in [1.165, 1.54) is 0 Å². The van der Waals surface area contributed by atoms with Gasteiger partial charge in [-0.25, -0.2) is 0 Å². The third kappa shape index (κ3) is 4.62. The highest BCUT2D eigenvalue weighted by atomic mass is 16.5. The number of ether oxygens (including phenoxy) is 1. The molecule has 2 aromatic heterocycles. The molecule has 1 N–H and O–H groups in total. The van der Waals surface area contributed by atoms with Crippen molar-refractivity contribution in [3.8, 4) is 11.3 Å². The second-order valence-corrected chi connectivity index (χ2v) is 8.52. The van der Waals surface area contributed by atoms with Crippen LogP contribution in [0.2, 0.25) is 0 Å². The minimum atomic E-state index is 0.00187. The Balaban J connectivity index is 1.29. The van der Waals surface area contributed by atoms with Crippen molar-refractivity contribution in [2.24, 2.45) is 0 Å². The van der Waals surface area contributed by atoms with Crippen LogP contribution in [0.1, 0.15) is 33.9 Å². The van der Waals surface area contributed by atoms with Crippen LogP contribution in [0.25, 0.3) is 11.3 Å². The molecule has 2 aliphatic rings. The Morgan fingerprint density at radius 3 is 2.85 bits per heavy atom. The summed E-state index contributed by atoms with van der Waals surface area (Å²) in [7, 11) is 0. The molecule has 0 spiro atoms. The van der Waals surface area contributed by atoms with Crippen molar-refractivity contribution < 1.29 is 14.1 Å². The molecule has 1 fully saturated rings. The predicted molar refractivity (Wildman–Crippen MR) is 124 cm³/mol. The van der Waals surface area contributed by atoms with E-state index in [1.54, 1.807) is 0 Å². The molecule has 0 bridgehead atoms. The number of carbonyl (C=O) groups is 1. The molecule has 33 heavy (non-hydrogen) atoms. The highest BCUT2D eigenvalue weighted by Gasteiger charge is 2.31. The van der Waals surface area contributed by atoms with Crippen molar-refractivity contribution in [3.63, 3.8) is 0 Å². The Morgan fingerprint density at radius 2 is 2.06 bits per heavy atom. The number of hydrogen-bond donors (Lipinski definition) is 1. The summed E-state index contributed by atoms with van der Waals surface area (Å²) in [5.74, 6) is 0.768. The number of allylic oxidation sites excluding steroid dienone is 1. The Morgan fingerprint density at radius 1 is 1.24 bits per heavy atom. The zero-order valence-corrected chi connectivity index (χ0v) is 18.7. The number of nitrogens with one attached hydrogen (secondary N) is 1. The van der Waals surface area contributed by atoms with E-state index in [2.05, 4.69) is 17.1 Å². The molecule has 1 atom stereocenters. The van der Waals surface area contributed by atoms with Gasteiger partial charge in [-0.1, -0.05) is 41.6 Å². The average molecular weight is 448 g/mol. The first-order chi connectivity index (χ1) is 16.2. The van der Waals surface area contributed by atoms with Crippen LogP contribution in [0.15, 0.2) is 53.6 Å². The van der Waals surface area contributed by atoms with Gasteiger partial charge in [-0.3, -0.25) is 9.48 Å². The van der Waals surface area contributed by atoms with Crippen molar-refractivity contribution in [3.05, 3.63) is 71.7 Å². The van der Waals surface area contributed by atoms with Gasteiger partial charge in [0.05, 0.1) is 25.5 Å². The second-order valence-electron chi connectivity index (χ2n) is 8.52. The number of benzene rings is 1. The molecule has 8 nitrogen and oxygen atoms in total. The zero-order chi connectivity index (χ0) is 22.6. The summed E-state index contributed by atoms with van der Waals surface area (Å²) in [6, 6.07) is 12.2. The fourth-order valence-corrected chi connectivity index (χ4v) is 4.61.